The highest BCUT2D eigenvalue weighted by Crippen LogP contribution is 2.24. The summed E-state index contributed by atoms with van der Waals surface area (Å²) in [5.74, 6) is 0.987. The molecule has 0 fully saturated rings. The topological polar surface area (TPSA) is 42.4 Å². The maximum absolute atomic E-state index is 5.65. The molecule has 0 aliphatic rings. The normalized spacial score (nSPS) is 14.4. The molecule has 0 spiro atoms. The number of nitrogens with zero attached hydrogens (tertiary/aromatic N) is 1. The Bertz CT molecular complexity index is 325. The molecule has 0 aliphatic carbocycles. The van der Waals surface area contributed by atoms with Crippen LogP contribution in [0.5, 0.6) is 0 Å². The number of hydrogen-bond donors (Lipinski definition) is 1. The average molecular weight is 224 g/mol. The number of nitrogens with two attached hydrogens (primary N) is 1. The molecule has 0 amide bonds. The average Bonchev–Trinajstić information content (AvgIpc) is 2.62. The zero-order valence-electron chi connectivity index (χ0n) is 11.1. The monoisotopic (exact) mass is 224 g/mol. The van der Waals surface area contributed by atoms with Crippen molar-refractivity contribution in [3.63, 3.8) is 0 Å². The quantitative estimate of drug-likeness (QED) is 0.855. The molecule has 1 aromatic rings. The Morgan fingerprint density at radius 1 is 1.44 bits per heavy atom. The van der Waals surface area contributed by atoms with Gasteiger partial charge in [-0.2, -0.15) is 0 Å². The van der Waals surface area contributed by atoms with Gasteiger partial charge in [-0.15, -0.1) is 0 Å². The van der Waals surface area contributed by atoms with Gasteiger partial charge in [-0.1, -0.05) is 20.8 Å². The fraction of sp³-hybridized carbons (Fsp3) is 0.692. The summed E-state index contributed by atoms with van der Waals surface area (Å²) in [7, 11) is 2.12. The van der Waals surface area contributed by atoms with Crippen LogP contribution < -0.4 is 5.73 Å². The minimum absolute atomic E-state index is 0.268. The van der Waals surface area contributed by atoms with Crippen LogP contribution in [-0.4, -0.2) is 18.0 Å². The van der Waals surface area contributed by atoms with E-state index < -0.39 is 0 Å². The Kier molecular flexibility index (Phi) is 4.16. The highest BCUT2D eigenvalue weighted by Gasteiger charge is 2.24. The maximum Gasteiger partial charge on any atom is 0.122 e. The third kappa shape index (κ3) is 3.09. The Morgan fingerprint density at radius 2 is 2.06 bits per heavy atom. The molecule has 0 bridgehead atoms. The van der Waals surface area contributed by atoms with Crippen LogP contribution in [0.4, 0.5) is 0 Å². The second-order valence-electron chi connectivity index (χ2n) is 5.53. The third-order valence-corrected chi connectivity index (χ3v) is 3.37. The van der Waals surface area contributed by atoms with Crippen LogP contribution in [0.2, 0.25) is 0 Å². The van der Waals surface area contributed by atoms with Crippen molar-refractivity contribution in [3.8, 4) is 0 Å². The molecule has 1 unspecified atom stereocenters. The van der Waals surface area contributed by atoms with E-state index in [9.17, 15) is 0 Å². The van der Waals surface area contributed by atoms with Crippen molar-refractivity contribution in [2.75, 3.05) is 7.05 Å². The molecule has 0 saturated heterocycles. The van der Waals surface area contributed by atoms with Crippen LogP contribution in [-0.2, 0) is 13.1 Å². The van der Waals surface area contributed by atoms with Crippen molar-refractivity contribution < 1.29 is 4.42 Å². The third-order valence-electron chi connectivity index (χ3n) is 3.37. The van der Waals surface area contributed by atoms with Crippen LogP contribution in [0, 0.1) is 5.41 Å². The van der Waals surface area contributed by atoms with E-state index >= 15 is 0 Å². The smallest absolute Gasteiger partial charge is 0.122 e. The molecule has 1 aromatic heterocycles. The van der Waals surface area contributed by atoms with Crippen molar-refractivity contribution in [2.45, 2.75) is 46.8 Å². The first-order valence-corrected chi connectivity index (χ1v) is 5.81. The van der Waals surface area contributed by atoms with Crippen LogP contribution in [0.15, 0.2) is 16.7 Å². The van der Waals surface area contributed by atoms with Crippen LogP contribution in [0.25, 0.3) is 0 Å². The molecule has 0 saturated carbocycles. The van der Waals surface area contributed by atoms with E-state index in [1.807, 2.05) is 6.07 Å². The van der Waals surface area contributed by atoms with E-state index in [0.717, 1.165) is 17.9 Å². The fourth-order valence-corrected chi connectivity index (χ4v) is 1.71. The lowest BCUT2D eigenvalue weighted by Crippen LogP contribution is -2.38. The highest BCUT2D eigenvalue weighted by atomic mass is 16.3. The molecule has 1 heterocycles. The van der Waals surface area contributed by atoms with E-state index in [2.05, 4.69) is 39.6 Å². The van der Waals surface area contributed by atoms with E-state index in [0.29, 0.717) is 12.6 Å². The maximum atomic E-state index is 5.65. The molecule has 3 nitrogen and oxygen atoms in total. The standard InChI is InChI=1S/C13H24N2O/c1-10(13(2,3)4)15(5)9-12-11(8-14)6-7-16-12/h6-7,10H,8-9,14H2,1-5H3. The SMILES string of the molecule is CC(N(C)Cc1occc1CN)C(C)(C)C. The van der Waals surface area contributed by atoms with Gasteiger partial charge >= 0.3 is 0 Å². The largest absolute Gasteiger partial charge is 0.468 e. The summed E-state index contributed by atoms with van der Waals surface area (Å²) in [4.78, 5) is 2.30. The van der Waals surface area contributed by atoms with Gasteiger partial charge in [0, 0.05) is 18.2 Å². The molecule has 3 heteroatoms. The molecule has 2 N–H and O–H groups in total. The number of furan rings is 1. The second kappa shape index (κ2) is 5.02. The predicted molar refractivity (Wildman–Crippen MR) is 67.0 cm³/mol. The van der Waals surface area contributed by atoms with Gasteiger partial charge in [0.1, 0.15) is 5.76 Å². The molecule has 1 rings (SSSR count). The van der Waals surface area contributed by atoms with Gasteiger partial charge in [-0.25, -0.2) is 0 Å². The van der Waals surface area contributed by atoms with Crippen molar-refractivity contribution in [1.29, 1.82) is 0 Å². The summed E-state index contributed by atoms with van der Waals surface area (Å²) in [6.45, 7) is 10.4. The van der Waals surface area contributed by atoms with E-state index in [4.69, 9.17) is 10.2 Å². The van der Waals surface area contributed by atoms with Gasteiger partial charge in [0.05, 0.1) is 12.8 Å². The van der Waals surface area contributed by atoms with E-state index in [1.165, 1.54) is 0 Å². The second-order valence-corrected chi connectivity index (χ2v) is 5.53. The van der Waals surface area contributed by atoms with Crippen LogP contribution in [0.1, 0.15) is 39.0 Å². The lowest BCUT2D eigenvalue weighted by molar-refractivity contribution is 0.126. The van der Waals surface area contributed by atoms with Crippen molar-refractivity contribution >= 4 is 0 Å². The summed E-state index contributed by atoms with van der Waals surface area (Å²) in [5.41, 5.74) is 7.03. The molecular weight excluding hydrogens is 200 g/mol. The first kappa shape index (κ1) is 13.3. The molecule has 0 aliphatic heterocycles. The van der Waals surface area contributed by atoms with Crippen molar-refractivity contribution in [3.05, 3.63) is 23.7 Å². The lowest BCUT2D eigenvalue weighted by Gasteiger charge is -2.35. The van der Waals surface area contributed by atoms with Gasteiger partial charge in [0.2, 0.25) is 0 Å². The first-order valence-electron chi connectivity index (χ1n) is 5.81. The van der Waals surface area contributed by atoms with Crippen molar-refractivity contribution in [2.24, 2.45) is 11.1 Å². The summed E-state index contributed by atoms with van der Waals surface area (Å²) in [6, 6.07) is 2.44. The Hall–Kier alpha value is -0.800. The minimum atomic E-state index is 0.268. The number of rotatable bonds is 4. The van der Waals surface area contributed by atoms with Crippen molar-refractivity contribution in [1.82, 2.24) is 4.90 Å². The Labute approximate surface area is 98.6 Å². The lowest BCUT2D eigenvalue weighted by atomic mass is 9.87. The summed E-state index contributed by atoms with van der Waals surface area (Å²) >= 11 is 0. The van der Waals surface area contributed by atoms with Gasteiger partial charge in [-0.3, -0.25) is 4.90 Å². The predicted octanol–water partition coefficient (Wildman–Crippen LogP) is 2.60. The summed E-state index contributed by atoms with van der Waals surface area (Å²) in [5, 5.41) is 0. The molecular formula is C13H24N2O. The van der Waals surface area contributed by atoms with Crippen LogP contribution in [0.3, 0.4) is 0 Å². The zero-order chi connectivity index (χ0) is 12.3. The molecule has 92 valence electrons. The summed E-state index contributed by atoms with van der Waals surface area (Å²) in [6.07, 6.45) is 1.72. The van der Waals surface area contributed by atoms with E-state index in [-0.39, 0.29) is 5.41 Å². The molecule has 0 aromatic carbocycles. The van der Waals surface area contributed by atoms with Gasteiger partial charge in [-0.05, 0) is 25.5 Å². The Morgan fingerprint density at radius 3 is 2.56 bits per heavy atom. The molecule has 0 radical (unpaired) electrons. The molecule has 16 heavy (non-hydrogen) atoms. The van der Waals surface area contributed by atoms with Gasteiger partial charge < -0.3 is 10.2 Å². The molecule has 1 atom stereocenters. The van der Waals surface area contributed by atoms with E-state index in [1.54, 1.807) is 6.26 Å². The zero-order valence-corrected chi connectivity index (χ0v) is 11.1. The van der Waals surface area contributed by atoms with Gasteiger partial charge in [0.25, 0.3) is 0 Å². The Balaban J connectivity index is 2.68. The summed E-state index contributed by atoms with van der Waals surface area (Å²) < 4.78 is 5.47. The first-order chi connectivity index (χ1) is 7.36. The van der Waals surface area contributed by atoms with Crippen LogP contribution >= 0.6 is 0 Å². The fourth-order valence-electron chi connectivity index (χ4n) is 1.71. The number of hydrogen-bond acceptors (Lipinski definition) is 3. The minimum Gasteiger partial charge on any atom is -0.468 e. The van der Waals surface area contributed by atoms with Gasteiger partial charge in [0.15, 0.2) is 0 Å². The highest BCUT2D eigenvalue weighted by molar-refractivity contribution is 5.16.